The number of nitrogens with one attached hydrogen (secondary N) is 2. The molecule has 1 atom stereocenters. The van der Waals surface area contributed by atoms with Gasteiger partial charge in [0.05, 0.1) is 18.8 Å². The highest BCUT2D eigenvalue weighted by molar-refractivity contribution is 14.0. The van der Waals surface area contributed by atoms with Crippen molar-refractivity contribution >= 4 is 41.3 Å². The Morgan fingerprint density at radius 2 is 2.07 bits per heavy atom. The van der Waals surface area contributed by atoms with Gasteiger partial charge in [-0.1, -0.05) is 39.0 Å². The number of para-hydroxylation sites is 1. The van der Waals surface area contributed by atoms with Crippen LogP contribution >= 0.6 is 35.3 Å². The van der Waals surface area contributed by atoms with Gasteiger partial charge in [-0.2, -0.15) is 0 Å². The van der Waals surface area contributed by atoms with E-state index in [0.29, 0.717) is 6.54 Å². The first kappa shape index (κ1) is 21.9. The molecule has 1 aliphatic rings. The van der Waals surface area contributed by atoms with Gasteiger partial charge < -0.3 is 15.4 Å². The molecule has 5 nitrogen and oxygen atoms in total. The predicted molar refractivity (Wildman–Crippen MR) is 124 cm³/mol. The number of nitrogens with zero attached hydrogens (tertiary/aromatic N) is 2. The van der Waals surface area contributed by atoms with Gasteiger partial charge in [0.2, 0.25) is 0 Å². The summed E-state index contributed by atoms with van der Waals surface area (Å²) in [5.41, 5.74) is 2.48. The van der Waals surface area contributed by atoms with Gasteiger partial charge in [-0.05, 0) is 18.6 Å². The van der Waals surface area contributed by atoms with Crippen LogP contribution in [0.1, 0.15) is 44.0 Å². The number of guanidine groups is 1. The molecule has 1 aromatic heterocycles. The highest BCUT2D eigenvalue weighted by Gasteiger charge is 2.22. The molecular formula is C20H29IN4OS. The van der Waals surface area contributed by atoms with Crippen LogP contribution in [0.3, 0.4) is 0 Å². The molecule has 1 aromatic carbocycles. The number of aromatic nitrogens is 1. The predicted octanol–water partition coefficient (Wildman–Crippen LogP) is 4.12. The van der Waals surface area contributed by atoms with Crippen LogP contribution in [0.4, 0.5) is 0 Å². The van der Waals surface area contributed by atoms with E-state index in [1.54, 1.807) is 11.3 Å². The lowest BCUT2D eigenvalue weighted by molar-refractivity contribution is 0.235. The van der Waals surface area contributed by atoms with Gasteiger partial charge in [0.15, 0.2) is 5.96 Å². The molecule has 1 aliphatic heterocycles. The molecule has 27 heavy (non-hydrogen) atoms. The first-order valence-electron chi connectivity index (χ1n) is 9.17. The summed E-state index contributed by atoms with van der Waals surface area (Å²) in [5, 5.41) is 9.86. The first-order valence-corrected chi connectivity index (χ1v) is 10.1. The lowest BCUT2D eigenvalue weighted by atomic mass is 9.93. The van der Waals surface area contributed by atoms with E-state index in [9.17, 15) is 0 Å². The van der Waals surface area contributed by atoms with Crippen molar-refractivity contribution < 1.29 is 4.74 Å². The highest BCUT2D eigenvalue weighted by Crippen LogP contribution is 2.27. The second-order valence-electron chi connectivity index (χ2n) is 7.50. The molecule has 2 heterocycles. The number of rotatable bonds is 5. The molecule has 2 N–H and O–H groups in total. The van der Waals surface area contributed by atoms with Crippen LogP contribution in [0.5, 0.6) is 5.75 Å². The summed E-state index contributed by atoms with van der Waals surface area (Å²) >= 11 is 1.67. The molecule has 0 aliphatic carbocycles. The molecule has 148 valence electrons. The van der Waals surface area contributed by atoms with E-state index in [-0.39, 0.29) is 35.5 Å². The Balaban J connectivity index is 0.00000261. The number of thiazole rings is 1. The fourth-order valence-corrected chi connectivity index (χ4v) is 3.74. The summed E-state index contributed by atoms with van der Waals surface area (Å²) in [6, 6.07) is 8.23. The maximum Gasteiger partial charge on any atom is 0.191 e. The fourth-order valence-electron chi connectivity index (χ4n) is 2.79. The average Bonchev–Trinajstić information content (AvgIpc) is 3.23. The number of hydrogen-bond acceptors (Lipinski definition) is 4. The van der Waals surface area contributed by atoms with Crippen LogP contribution in [0, 0.1) is 0 Å². The third-order valence-electron chi connectivity index (χ3n) is 4.25. The van der Waals surface area contributed by atoms with Gasteiger partial charge in [-0.25, -0.2) is 9.98 Å². The van der Waals surface area contributed by atoms with Gasteiger partial charge in [-0.3, -0.25) is 0 Å². The van der Waals surface area contributed by atoms with Crippen molar-refractivity contribution in [2.24, 2.45) is 4.99 Å². The summed E-state index contributed by atoms with van der Waals surface area (Å²) in [4.78, 5) is 9.39. The van der Waals surface area contributed by atoms with Crippen molar-refractivity contribution in [1.29, 1.82) is 0 Å². The summed E-state index contributed by atoms with van der Waals surface area (Å²) in [6.07, 6.45) is 1.08. The summed E-state index contributed by atoms with van der Waals surface area (Å²) in [6.45, 7) is 10.7. The minimum absolute atomic E-state index is 0. The van der Waals surface area contributed by atoms with E-state index in [1.807, 2.05) is 12.1 Å². The highest BCUT2D eigenvalue weighted by atomic mass is 127. The minimum Gasteiger partial charge on any atom is -0.488 e. The topological polar surface area (TPSA) is 58.5 Å². The standard InChI is InChI=1S/C20H28N4OS.HI/c1-5-21-19(23-12-18-24-17(13-26-18)20(2,3)4)22-11-15-10-14-8-6-7-9-16(14)25-15;/h6-9,13,15H,5,10-12H2,1-4H3,(H2,21,22,23);1H. The number of fused-ring (bicyclic) bond motifs is 1. The zero-order valence-corrected chi connectivity index (χ0v) is 19.6. The van der Waals surface area contributed by atoms with Gasteiger partial charge in [-0.15, -0.1) is 35.3 Å². The average molecular weight is 500 g/mol. The van der Waals surface area contributed by atoms with Crippen LogP contribution in [-0.4, -0.2) is 30.1 Å². The third-order valence-corrected chi connectivity index (χ3v) is 5.08. The van der Waals surface area contributed by atoms with E-state index in [1.165, 1.54) is 5.56 Å². The van der Waals surface area contributed by atoms with E-state index in [4.69, 9.17) is 9.72 Å². The zero-order valence-electron chi connectivity index (χ0n) is 16.4. The molecule has 0 spiro atoms. The second kappa shape index (κ2) is 9.73. The lowest BCUT2D eigenvalue weighted by Crippen LogP contribution is -2.42. The quantitative estimate of drug-likeness (QED) is 0.369. The van der Waals surface area contributed by atoms with Crippen molar-refractivity contribution in [2.75, 3.05) is 13.1 Å². The van der Waals surface area contributed by atoms with Crippen LogP contribution in [0.15, 0.2) is 34.6 Å². The van der Waals surface area contributed by atoms with Crippen molar-refractivity contribution in [3.05, 3.63) is 45.9 Å². The molecule has 0 saturated heterocycles. The Morgan fingerprint density at radius 1 is 1.30 bits per heavy atom. The van der Waals surface area contributed by atoms with Gasteiger partial charge >= 0.3 is 0 Å². The monoisotopic (exact) mass is 500 g/mol. The molecule has 0 fully saturated rings. The van der Waals surface area contributed by atoms with Gasteiger partial charge in [0.1, 0.15) is 16.9 Å². The number of aliphatic imine (C=N–C) groups is 1. The van der Waals surface area contributed by atoms with E-state index < -0.39 is 0 Å². The lowest BCUT2D eigenvalue weighted by Gasteiger charge is -2.15. The van der Waals surface area contributed by atoms with Crippen molar-refractivity contribution in [2.45, 2.75) is 52.2 Å². The Morgan fingerprint density at radius 3 is 2.74 bits per heavy atom. The molecule has 0 bridgehead atoms. The van der Waals surface area contributed by atoms with Crippen molar-refractivity contribution in [3.63, 3.8) is 0 Å². The number of benzene rings is 1. The maximum atomic E-state index is 5.98. The molecule has 7 heteroatoms. The third kappa shape index (κ3) is 6.07. The molecule has 0 radical (unpaired) electrons. The molecule has 1 unspecified atom stereocenters. The molecule has 0 saturated carbocycles. The van der Waals surface area contributed by atoms with Crippen molar-refractivity contribution in [1.82, 2.24) is 15.6 Å². The molecule has 2 aromatic rings. The van der Waals surface area contributed by atoms with E-state index in [0.717, 1.165) is 41.9 Å². The normalized spacial score (nSPS) is 16.3. The SMILES string of the molecule is CCNC(=NCc1nc(C(C)(C)C)cs1)NCC1Cc2ccccc2O1.I. The fraction of sp³-hybridized carbons (Fsp3) is 0.500. The summed E-state index contributed by atoms with van der Waals surface area (Å²) in [5.74, 6) is 1.80. The number of halogens is 1. The zero-order chi connectivity index (χ0) is 18.6. The summed E-state index contributed by atoms with van der Waals surface area (Å²) in [7, 11) is 0. The molecular weight excluding hydrogens is 471 g/mol. The number of ether oxygens (including phenoxy) is 1. The molecule has 0 amide bonds. The maximum absolute atomic E-state index is 5.98. The largest absolute Gasteiger partial charge is 0.488 e. The van der Waals surface area contributed by atoms with Crippen LogP contribution in [-0.2, 0) is 18.4 Å². The van der Waals surface area contributed by atoms with Gasteiger partial charge in [0.25, 0.3) is 0 Å². The van der Waals surface area contributed by atoms with Crippen LogP contribution < -0.4 is 15.4 Å². The minimum atomic E-state index is 0. The summed E-state index contributed by atoms with van der Waals surface area (Å²) < 4.78 is 5.98. The Kier molecular flexibility index (Phi) is 7.91. The van der Waals surface area contributed by atoms with Crippen molar-refractivity contribution in [3.8, 4) is 5.75 Å². The van der Waals surface area contributed by atoms with Crippen LogP contribution in [0.2, 0.25) is 0 Å². The Hall–Kier alpha value is -1.35. The Labute approximate surface area is 183 Å². The number of hydrogen-bond donors (Lipinski definition) is 2. The van der Waals surface area contributed by atoms with E-state index >= 15 is 0 Å². The smallest absolute Gasteiger partial charge is 0.191 e. The van der Waals surface area contributed by atoms with E-state index in [2.05, 4.69) is 60.8 Å². The first-order chi connectivity index (χ1) is 12.5. The van der Waals surface area contributed by atoms with Gasteiger partial charge in [0, 0.05) is 23.8 Å². The van der Waals surface area contributed by atoms with Crippen LogP contribution in [0.25, 0.3) is 0 Å². The Bertz CT molecular complexity index is 744. The second-order valence-corrected chi connectivity index (χ2v) is 8.45. The molecule has 3 rings (SSSR count).